The molecule has 0 saturated carbocycles. The number of ether oxygens (including phenoxy) is 1. The van der Waals surface area contributed by atoms with Gasteiger partial charge in [-0.3, -0.25) is 5.32 Å². The molecule has 1 amide bonds. The van der Waals surface area contributed by atoms with Gasteiger partial charge in [-0.05, 0) is 35.1 Å². The van der Waals surface area contributed by atoms with Crippen LogP contribution in [0.2, 0.25) is 5.15 Å². The Morgan fingerprint density at radius 1 is 1.35 bits per heavy atom. The van der Waals surface area contributed by atoms with Crippen LogP contribution < -0.4 is 5.32 Å². The predicted octanol–water partition coefficient (Wildman–Crippen LogP) is 3.79. The fraction of sp³-hybridized carbons (Fsp3) is 0.154. The minimum absolute atomic E-state index is 0.195. The van der Waals surface area contributed by atoms with Crippen molar-refractivity contribution in [1.82, 2.24) is 9.97 Å². The lowest BCUT2D eigenvalue weighted by Gasteiger charge is -2.09. The van der Waals surface area contributed by atoms with Gasteiger partial charge in [0, 0.05) is 0 Å². The van der Waals surface area contributed by atoms with Crippen molar-refractivity contribution in [3.63, 3.8) is 0 Å². The van der Waals surface area contributed by atoms with Crippen LogP contribution in [0, 0.1) is 10.5 Å². The Bertz CT molecular complexity index is 623. The highest BCUT2D eigenvalue weighted by Crippen LogP contribution is 2.23. The summed E-state index contributed by atoms with van der Waals surface area (Å²) in [6, 6.07) is 9.42. The molecule has 0 radical (unpaired) electrons. The second-order valence-electron chi connectivity index (χ2n) is 3.91. The van der Waals surface area contributed by atoms with E-state index in [0.717, 1.165) is 5.56 Å². The summed E-state index contributed by atoms with van der Waals surface area (Å²) >= 11 is 7.89. The van der Waals surface area contributed by atoms with Gasteiger partial charge in [-0.15, -0.1) is 0 Å². The van der Waals surface area contributed by atoms with Crippen LogP contribution in [0.4, 0.5) is 10.6 Å². The Morgan fingerprint density at radius 3 is 2.75 bits per heavy atom. The van der Waals surface area contributed by atoms with Crippen LogP contribution in [-0.4, -0.2) is 16.1 Å². The molecule has 104 valence electrons. The number of benzene rings is 1. The van der Waals surface area contributed by atoms with Gasteiger partial charge < -0.3 is 4.74 Å². The molecule has 0 atom stereocenters. The molecule has 0 unspecified atom stereocenters. The Labute approximate surface area is 134 Å². The summed E-state index contributed by atoms with van der Waals surface area (Å²) in [6.07, 6.45) is -0.582. The normalized spacial score (nSPS) is 10.2. The summed E-state index contributed by atoms with van der Waals surface area (Å²) in [5.74, 6) is 0.829. The molecule has 0 fully saturated rings. The van der Waals surface area contributed by atoms with Gasteiger partial charge in [-0.2, -0.15) is 0 Å². The van der Waals surface area contributed by atoms with Gasteiger partial charge in [0.05, 0.1) is 3.57 Å². The SMILES string of the molecule is Cc1nc(Cl)c(I)c(NC(=O)OCc2ccccc2)n1. The van der Waals surface area contributed by atoms with E-state index in [1.54, 1.807) is 6.92 Å². The number of nitrogens with one attached hydrogen (secondary N) is 1. The molecule has 2 rings (SSSR count). The second kappa shape index (κ2) is 6.85. The number of hydrogen-bond acceptors (Lipinski definition) is 4. The van der Waals surface area contributed by atoms with Crippen LogP contribution >= 0.6 is 34.2 Å². The number of hydrogen-bond donors (Lipinski definition) is 1. The van der Waals surface area contributed by atoms with E-state index >= 15 is 0 Å². The molecule has 20 heavy (non-hydrogen) atoms. The van der Waals surface area contributed by atoms with Crippen LogP contribution in [0.5, 0.6) is 0 Å². The summed E-state index contributed by atoms with van der Waals surface area (Å²) in [7, 11) is 0. The third kappa shape index (κ3) is 4.04. The lowest BCUT2D eigenvalue weighted by Crippen LogP contribution is -2.16. The highest BCUT2D eigenvalue weighted by molar-refractivity contribution is 14.1. The van der Waals surface area contributed by atoms with Gasteiger partial charge in [0.25, 0.3) is 0 Å². The van der Waals surface area contributed by atoms with E-state index in [2.05, 4.69) is 15.3 Å². The summed E-state index contributed by atoms with van der Waals surface area (Å²) in [5, 5.41) is 2.86. The Morgan fingerprint density at radius 2 is 2.05 bits per heavy atom. The number of rotatable bonds is 3. The van der Waals surface area contributed by atoms with Gasteiger partial charge in [-0.1, -0.05) is 41.9 Å². The molecule has 0 saturated heterocycles. The minimum atomic E-state index is -0.582. The number of aryl methyl sites for hydroxylation is 1. The molecule has 0 aliphatic heterocycles. The first-order chi connectivity index (χ1) is 9.56. The van der Waals surface area contributed by atoms with Gasteiger partial charge >= 0.3 is 6.09 Å². The zero-order valence-corrected chi connectivity index (χ0v) is 13.5. The smallest absolute Gasteiger partial charge is 0.413 e. The average Bonchev–Trinajstić information content (AvgIpc) is 2.43. The average molecular weight is 404 g/mol. The van der Waals surface area contributed by atoms with E-state index in [9.17, 15) is 4.79 Å². The zero-order chi connectivity index (χ0) is 14.5. The zero-order valence-electron chi connectivity index (χ0n) is 10.6. The number of halogens is 2. The van der Waals surface area contributed by atoms with Crippen molar-refractivity contribution in [2.45, 2.75) is 13.5 Å². The fourth-order valence-corrected chi connectivity index (χ4v) is 2.05. The summed E-state index contributed by atoms with van der Waals surface area (Å²) in [5.41, 5.74) is 0.911. The third-order valence-corrected chi connectivity index (χ3v) is 3.97. The molecule has 0 aliphatic carbocycles. The first-order valence-electron chi connectivity index (χ1n) is 5.73. The van der Waals surface area contributed by atoms with Crippen LogP contribution in [0.3, 0.4) is 0 Å². The molecule has 1 heterocycles. The molecule has 1 aromatic heterocycles. The summed E-state index contributed by atoms with van der Waals surface area (Å²) in [4.78, 5) is 19.8. The minimum Gasteiger partial charge on any atom is -0.444 e. The number of carbonyl (C=O) groups is 1. The molecule has 5 nitrogen and oxygen atoms in total. The maximum absolute atomic E-state index is 11.7. The second-order valence-corrected chi connectivity index (χ2v) is 5.35. The molecule has 0 spiro atoms. The van der Waals surface area contributed by atoms with Crippen molar-refractivity contribution in [3.05, 3.63) is 50.4 Å². The highest BCUT2D eigenvalue weighted by Gasteiger charge is 2.12. The maximum Gasteiger partial charge on any atom is 0.413 e. The topological polar surface area (TPSA) is 64.1 Å². The molecule has 1 aromatic carbocycles. The van der Waals surface area contributed by atoms with Crippen LogP contribution in [0.15, 0.2) is 30.3 Å². The van der Waals surface area contributed by atoms with E-state index < -0.39 is 6.09 Å². The van der Waals surface area contributed by atoms with Crippen molar-refractivity contribution < 1.29 is 9.53 Å². The van der Waals surface area contributed by atoms with Crippen molar-refractivity contribution >= 4 is 46.1 Å². The number of amides is 1. The molecular formula is C13H11ClIN3O2. The van der Waals surface area contributed by atoms with E-state index in [4.69, 9.17) is 16.3 Å². The third-order valence-electron chi connectivity index (χ3n) is 2.36. The van der Waals surface area contributed by atoms with E-state index in [0.29, 0.717) is 20.4 Å². The standard InChI is InChI=1S/C13H11ClIN3O2/c1-8-16-11(14)10(15)12(17-8)18-13(19)20-7-9-5-3-2-4-6-9/h2-6H,7H2,1H3,(H,16,17,18,19). The number of nitrogens with zero attached hydrogens (tertiary/aromatic N) is 2. The van der Waals surface area contributed by atoms with Gasteiger partial charge in [0.2, 0.25) is 0 Å². The maximum atomic E-state index is 11.7. The fourth-order valence-electron chi connectivity index (χ4n) is 1.46. The molecule has 1 N–H and O–H groups in total. The van der Waals surface area contributed by atoms with Crippen molar-refractivity contribution in [2.24, 2.45) is 0 Å². The van der Waals surface area contributed by atoms with Crippen LogP contribution in [0.25, 0.3) is 0 Å². The van der Waals surface area contributed by atoms with Gasteiger partial charge in [-0.25, -0.2) is 14.8 Å². The van der Waals surface area contributed by atoms with Crippen molar-refractivity contribution in [3.8, 4) is 0 Å². The van der Waals surface area contributed by atoms with E-state index in [1.807, 2.05) is 52.9 Å². The van der Waals surface area contributed by atoms with E-state index in [1.165, 1.54) is 0 Å². The molecule has 7 heteroatoms. The Hall–Kier alpha value is -1.41. The number of carbonyl (C=O) groups excluding carboxylic acids is 1. The number of anilines is 1. The molecule has 0 aliphatic rings. The van der Waals surface area contributed by atoms with Crippen molar-refractivity contribution in [1.29, 1.82) is 0 Å². The molecular weight excluding hydrogens is 393 g/mol. The molecule has 0 bridgehead atoms. The first kappa shape index (κ1) is 15.0. The Kier molecular flexibility index (Phi) is 5.13. The first-order valence-corrected chi connectivity index (χ1v) is 7.19. The quantitative estimate of drug-likeness (QED) is 0.625. The monoisotopic (exact) mass is 403 g/mol. The Balaban J connectivity index is 1.98. The predicted molar refractivity (Wildman–Crippen MR) is 84.7 cm³/mol. The van der Waals surface area contributed by atoms with Crippen molar-refractivity contribution in [2.75, 3.05) is 5.32 Å². The summed E-state index contributed by atoms with van der Waals surface area (Å²) in [6.45, 7) is 1.89. The molecule has 2 aromatic rings. The van der Waals surface area contributed by atoms with Crippen LogP contribution in [0.1, 0.15) is 11.4 Å². The van der Waals surface area contributed by atoms with Gasteiger partial charge in [0.15, 0.2) is 5.82 Å². The van der Waals surface area contributed by atoms with E-state index in [-0.39, 0.29) is 6.61 Å². The van der Waals surface area contributed by atoms with Crippen LogP contribution in [-0.2, 0) is 11.3 Å². The van der Waals surface area contributed by atoms with Gasteiger partial charge in [0.1, 0.15) is 17.6 Å². The highest BCUT2D eigenvalue weighted by atomic mass is 127. The largest absolute Gasteiger partial charge is 0.444 e. The summed E-state index contributed by atoms with van der Waals surface area (Å²) < 4.78 is 5.69. The lowest BCUT2D eigenvalue weighted by atomic mass is 10.2. The lowest BCUT2D eigenvalue weighted by molar-refractivity contribution is 0.155. The number of aromatic nitrogens is 2.